The lowest BCUT2D eigenvalue weighted by Gasteiger charge is -1.97. The molecule has 8 heteroatoms. The van der Waals surface area contributed by atoms with Crippen LogP contribution in [0.15, 0.2) is 32.4 Å². The van der Waals surface area contributed by atoms with Crippen LogP contribution < -0.4 is 11.2 Å². The molecule has 0 aliphatic heterocycles. The number of rotatable bonds is 1. The maximum absolute atomic E-state index is 11.6. The van der Waals surface area contributed by atoms with E-state index >= 15 is 0 Å². The molecule has 0 aliphatic rings. The molecule has 18 heavy (non-hydrogen) atoms. The quantitative estimate of drug-likeness (QED) is 0.617. The number of hydrogen-bond acceptors (Lipinski definition) is 4. The lowest BCUT2D eigenvalue weighted by atomic mass is 10.3. The van der Waals surface area contributed by atoms with Crippen molar-refractivity contribution in [2.75, 3.05) is 0 Å². The van der Waals surface area contributed by atoms with E-state index in [-0.39, 0.29) is 11.2 Å². The van der Waals surface area contributed by atoms with Crippen molar-refractivity contribution < 1.29 is 0 Å². The normalized spacial score (nSPS) is 10.9. The summed E-state index contributed by atoms with van der Waals surface area (Å²) in [6.45, 7) is 0. The highest BCUT2D eigenvalue weighted by atomic mass is 79.9. The minimum atomic E-state index is -0.592. The van der Waals surface area contributed by atoms with Crippen molar-refractivity contribution in [1.82, 2.24) is 24.9 Å². The second-order valence-electron chi connectivity index (χ2n) is 3.55. The summed E-state index contributed by atoms with van der Waals surface area (Å²) in [7, 11) is 0. The Balaban J connectivity index is 2.33. The summed E-state index contributed by atoms with van der Waals surface area (Å²) in [6.07, 6.45) is 1.61. The van der Waals surface area contributed by atoms with Gasteiger partial charge in [-0.1, -0.05) is 0 Å². The SMILES string of the molecule is O=c1[nH]c(=O)c2[nH]c(-c3ncccc3Br)nc2[nH]1. The first-order valence-electron chi connectivity index (χ1n) is 4.98. The van der Waals surface area contributed by atoms with Gasteiger partial charge in [0.15, 0.2) is 11.5 Å². The lowest BCUT2D eigenvalue weighted by molar-refractivity contribution is 1.07. The largest absolute Gasteiger partial charge is 0.331 e. The molecule has 0 bridgehead atoms. The molecule has 0 radical (unpaired) electrons. The predicted molar refractivity (Wildman–Crippen MR) is 68.3 cm³/mol. The first-order chi connectivity index (χ1) is 8.65. The van der Waals surface area contributed by atoms with E-state index in [1.807, 2.05) is 6.07 Å². The second kappa shape index (κ2) is 3.91. The van der Waals surface area contributed by atoms with Crippen molar-refractivity contribution in [3.63, 3.8) is 0 Å². The van der Waals surface area contributed by atoms with E-state index in [4.69, 9.17) is 0 Å². The van der Waals surface area contributed by atoms with Gasteiger partial charge in [0, 0.05) is 10.7 Å². The molecule has 0 saturated heterocycles. The van der Waals surface area contributed by atoms with Crippen LogP contribution >= 0.6 is 15.9 Å². The van der Waals surface area contributed by atoms with E-state index in [0.29, 0.717) is 11.5 Å². The van der Waals surface area contributed by atoms with Crippen molar-refractivity contribution in [2.24, 2.45) is 0 Å². The molecular weight excluding hydrogens is 302 g/mol. The van der Waals surface area contributed by atoms with Crippen LogP contribution in [0.25, 0.3) is 22.7 Å². The molecule has 3 aromatic heterocycles. The highest BCUT2D eigenvalue weighted by molar-refractivity contribution is 9.10. The van der Waals surface area contributed by atoms with Crippen LogP contribution in [0.5, 0.6) is 0 Å². The summed E-state index contributed by atoms with van der Waals surface area (Å²) in [5.41, 5.74) is -0.127. The molecule has 7 nitrogen and oxygen atoms in total. The van der Waals surface area contributed by atoms with Gasteiger partial charge in [-0.05, 0) is 28.1 Å². The van der Waals surface area contributed by atoms with Gasteiger partial charge in [0.2, 0.25) is 0 Å². The molecule has 3 heterocycles. The standard InChI is InChI=1S/C10H6BrN5O2/c11-4-2-1-3-12-5(4)7-13-6-8(14-7)15-10(18)16-9(6)17/h1-3H,(H3,13,14,15,16,17,18). The minimum Gasteiger partial charge on any atom is -0.331 e. The monoisotopic (exact) mass is 307 g/mol. The molecule has 0 unspecified atom stereocenters. The van der Waals surface area contributed by atoms with Crippen LogP contribution in [0.4, 0.5) is 0 Å². The van der Waals surface area contributed by atoms with E-state index in [1.54, 1.807) is 12.3 Å². The van der Waals surface area contributed by atoms with Gasteiger partial charge in [0.1, 0.15) is 11.2 Å². The number of pyridine rings is 1. The Morgan fingerprint density at radius 2 is 2.00 bits per heavy atom. The number of nitrogens with zero attached hydrogens (tertiary/aromatic N) is 2. The topological polar surface area (TPSA) is 107 Å². The van der Waals surface area contributed by atoms with Crippen LogP contribution in [-0.4, -0.2) is 24.9 Å². The molecule has 3 rings (SSSR count). The van der Waals surface area contributed by atoms with Crippen LogP contribution in [0.1, 0.15) is 0 Å². The molecule has 90 valence electrons. The first-order valence-corrected chi connectivity index (χ1v) is 5.77. The summed E-state index contributed by atoms with van der Waals surface area (Å²) in [6, 6.07) is 3.58. The molecule has 0 fully saturated rings. The Morgan fingerprint density at radius 3 is 2.78 bits per heavy atom. The third-order valence-electron chi connectivity index (χ3n) is 2.37. The molecule has 3 N–H and O–H groups in total. The van der Waals surface area contributed by atoms with Crippen LogP contribution in [0.2, 0.25) is 0 Å². The van der Waals surface area contributed by atoms with Crippen molar-refractivity contribution in [3.8, 4) is 11.5 Å². The first kappa shape index (κ1) is 10.9. The fourth-order valence-electron chi connectivity index (χ4n) is 1.60. The summed E-state index contributed by atoms with van der Waals surface area (Å²) in [5, 5.41) is 0. The summed E-state index contributed by atoms with van der Waals surface area (Å²) in [4.78, 5) is 38.4. The lowest BCUT2D eigenvalue weighted by Crippen LogP contribution is -2.21. The Hall–Kier alpha value is -2.22. The van der Waals surface area contributed by atoms with Gasteiger partial charge in [-0.25, -0.2) is 9.78 Å². The highest BCUT2D eigenvalue weighted by Gasteiger charge is 2.12. The number of aromatic nitrogens is 5. The van der Waals surface area contributed by atoms with Gasteiger partial charge in [0.25, 0.3) is 5.56 Å². The van der Waals surface area contributed by atoms with Gasteiger partial charge in [-0.2, -0.15) is 0 Å². The minimum absolute atomic E-state index is 0.205. The molecular formula is C10H6BrN5O2. The zero-order valence-electron chi connectivity index (χ0n) is 8.82. The van der Waals surface area contributed by atoms with E-state index in [2.05, 4.69) is 40.8 Å². The maximum Gasteiger partial charge on any atom is 0.327 e. The zero-order chi connectivity index (χ0) is 12.7. The van der Waals surface area contributed by atoms with E-state index < -0.39 is 11.2 Å². The van der Waals surface area contributed by atoms with E-state index in [1.165, 1.54) is 0 Å². The Morgan fingerprint density at radius 1 is 1.17 bits per heavy atom. The molecule has 3 aromatic rings. The van der Waals surface area contributed by atoms with Crippen molar-refractivity contribution in [2.45, 2.75) is 0 Å². The third kappa shape index (κ3) is 1.66. The molecule has 0 aromatic carbocycles. The molecule has 0 atom stereocenters. The van der Waals surface area contributed by atoms with E-state index in [9.17, 15) is 9.59 Å². The summed E-state index contributed by atoms with van der Waals surface area (Å²) < 4.78 is 0.739. The van der Waals surface area contributed by atoms with Crippen LogP contribution in [-0.2, 0) is 0 Å². The number of H-pyrrole nitrogens is 3. The second-order valence-corrected chi connectivity index (χ2v) is 4.41. The van der Waals surface area contributed by atoms with Crippen molar-refractivity contribution in [3.05, 3.63) is 43.6 Å². The highest BCUT2D eigenvalue weighted by Crippen LogP contribution is 2.23. The van der Waals surface area contributed by atoms with Gasteiger partial charge in [-0.15, -0.1) is 0 Å². The van der Waals surface area contributed by atoms with Crippen LogP contribution in [0, 0.1) is 0 Å². The van der Waals surface area contributed by atoms with Crippen molar-refractivity contribution >= 4 is 27.1 Å². The third-order valence-corrected chi connectivity index (χ3v) is 3.01. The summed E-state index contributed by atoms with van der Waals surface area (Å²) in [5.74, 6) is 0.407. The van der Waals surface area contributed by atoms with Gasteiger partial charge >= 0.3 is 5.69 Å². The Labute approximate surface area is 107 Å². The Kier molecular flexibility index (Phi) is 2.37. The van der Waals surface area contributed by atoms with Crippen LogP contribution in [0.3, 0.4) is 0 Å². The fraction of sp³-hybridized carbons (Fsp3) is 0. The number of fused-ring (bicyclic) bond motifs is 1. The average Bonchev–Trinajstić information content (AvgIpc) is 2.73. The number of hydrogen-bond donors (Lipinski definition) is 3. The Bertz CT molecular complexity index is 847. The number of aromatic amines is 3. The van der Waals surface area contributed by atoms with E-state index in [0.717, 1.165) is 4.47 Å². The fourth-order valence-corrected chi connectivity index (χ4v) is 2.05. The summed E-state index contributed by atoms with van der Waals surface area (Å²) >= 11 is 3.34. The van der Waals surface area contributed by atoms with Crippen molar-refractivity contribution in [1.29, 1.82) is 0 Å². The maximum atomic E-state index is 11.6. The van der Waals surface area contributed by atoms with Gasteiger partial charge in [0.05, 0.1) is 0 Å². The molecule has 0 spiro atoms. The average molecular weight is 308 g/mol. The number of imidazole rings is 1. The zero-order valence-corrected chi connectivity index (χ0v) is 10.4. The molecule has 0 amide bonds. The number of nitrogens with one attached hydrogen (secondary N) is 3. The smallest absolute Gasteiger partial charge is 0.327 e. The molecule has 0 saturated carbocycles. The number of halogens is 1. The van der Waals surface area contributed by atoms with Gasteiger partial charge < -0.3 is 4.98 Å². The molecule has 0 aliphatic carbocycles. The predicted octanol–water partition coefficient (Wildman–Crippen LogP) is 0.764. The van der Waals surface area contributed by atoms with Gasteiger partial charge in [-0.3, -0.25) is 19.7 Å².